The lowest BCUT2D eigenvalue weighted by molar-refractivity contribution is 0.0866. The first-order valence-electron chi connectivity index (χ1n) is 16.3. The van der Waals surface area contributed by atoms with Crippen molar-refractivity contribution >= 4 is 66.9 Å². The number of rotatable bonds is 9. The summed E-state index contributed by atoms with van der Waals surface area (Å²) in [5.41, 5.74) is 4.05. The molecule has 1 saturated heterocycles. The molecule has 3 aromatic carbocycles. The minimum atomic E-state index is -3.53. The summed E-state index contributed by atoms with van der Waals surface area (Å²) in [6.45, 7) is 8.56. The Morgan fingerprint density at radius 2 is 1.78 bits per heavy atom. The van der Waals surface area contributed by atoms with Crippen LogP contribution in [0.5, 0.6) is 0 Å². The molecule has 5 aromatic rings. The fourth-order valence-electron chi connectivity index (χ4n) is 6.27. The molecule has 1 aliphatic rings. The Bertz CT molecular complexity index is 2240. The van der Waals surface area contributed by atoms with E-state index in [1.54, 1.807) is 24.3 Å². The lowest BCUT2D eigenvalue weighted by atomic mass is 9.98. The highest BCUT2D eigenvalue weighted by Gasteiger charge is 2.29. The first kappa shape index (κ1) is 36.3. The molecule has 1 atom stereocenters. The quantitative estimate of drug-likeness (QED) is 0.154. The second-order valence-electron chi connectivity index (χ2n) is 13.7. The van der Waals surface area contributed by atoms with Gasteiger partial charge in [-0.25, -0.2) is 17.5 Å². The molecule has 1 fully saturated rings. The maximum absolute atomic E-state index is 13.9. The average Bonchev–Trinajstić information content (AvgIpc) is 3.58. The highest BCUT2D eigenvalue weighted by Crippen LogP contribution is 2.38. The van der Waals surface area contributed by atoms with Crippen LogP contribution in [-0.4, -0.2) is 65.2 Å². The van der Waals surface area contributed by atoms with Gasteiger partial charge in [-0.3, -0.25) is 14.2 Å². The van der Waals surface area contributed by atoms with Gasteiger partial charge in [-0.05, 0) is 81.6 Å². The van der Waals surface area contributed by atoms with E-state index in [-0.39, 0.29) is 22.2 Å². The number of halogens is 3. The van der Waals surface area contributed by atoms with Crippen LogP contribution in [-0.2, 0) is 10.0 Å². The van der Waals surface area contributed by atoms with Gasteiger partial charge in [0, 0.05) is 48.6 Å². The van der Waals surface area contributed by atoms with Crippen LogP contribution in [0.25, 0.3) is 10.9 Å². The van der Waals surface area contributed by atoms with Crippen molar-refractivity contribution < 1.29 is 12.8 Å². The van der Waals surface area contributed by atoms with E-state index in [4.69, 9.17) is 23.2 Å². The summed E-state index contributed by atoms with van der Waals surface area (Å²) in [7, 11) is -2.03. The number of sulfonamides is 1. The maximum atomic E-state index is 13.9. The summed E-state index contributed by atoms with van der Waals surface area (Å²) in [4.78, 5) is 6.92. The van der Waals surface area contributed by atoms with E-state index in [0.29, 0.717) is 44.4 Å². The van der Waals surface area contributed by atoms with Crippen LogP contribution in [0.3, 0.4) is 0 Å². The smallest absolute Gasteiger partial charge is 0.231 e. The Morgan fingerprint density at radius 3 is 2.45 bits per heavy atom. The number of pyridine rings is 1. The van der Waals surface area contributed by atoms with E-state index in [1.807, 2.05) is 23.0 Å². The van der Waals surface area contributed by atoms with Gasteiger partial charge >= 0.3 is 0 Å². The molecule has 15 heteroatoms. The highest BCUT2D eigenvalue weighted by atomic mass is 35.5. The molecule has 3 heterocycles. The van der Waals surface area contributed by atoms with Gasteiger partial charge < -0.3 is 10.6 Å². The molecule has 2 N–H and O–H groups in total. The zero-order chi connectivity index (χ0) is 36.7. The van der Waals surface area contributed by atoms with Crippen LogP contribution < -0.4 is 14.9 Å². The molecule has 0 radical (unpaired) electrons. The molecular formula is C36H38Cl2FN9O2S. The predicted octanol–water partition coefficient (Wildman–Crippen LogP) is 7.92. The number of hydrogen-bond donors (Lipinski definition) is 2. The Kier molecular flexibility index (Phi) is 10.2. The predicted molar refractivity (Wildman–Crippen MR) is 201 cm³/mol. The minimum absolute atomic E-state index is 0.0725. The van der Waals surface area contributed by atoms with E-state index in [9.17, 15) is 18.1 Å². The summed E-state index contributed by atoms with van der Waals surface area (Å²) in [6, 6.07) is 16.7. The standard InChI is InChI=1S/C36H38Cl2FN9O2S/c1-36(2,3)47-13-11-26(12-14-47)48-21-32(44-45-48)34(22-7-6-8-27(15-22)46(4)51(5,49)50)43-25-16-28-33(42-24-9-10-31(39)29(37)17-24)23(19-40)20-41-35(28)30(38)18-25/h6-10,15-18,20-21,26,34,43H,11-14H2,1-5H3,(H,41,42)/t34-/m0/s1. The zero-order valence-electron chi connectivity index (χ0n) is 28.8. The summed E-state index contributed by atoms with van der Waals surface area (Å²) < 4.78 is 42.0. The maximum Gasteiger partial charge on any atom is 0.231 e. The summed E-state index contributed by atoms with van der Waals surface area (Å²) in [5.74, 6) is -0.568. The first-order chi connectivity index (χ1) is 24.1. The van der Waals surface area contributed by atoms with Crippen LogP contribution >= 0.6 is 23.2 Å². The first-order valence-corrected chi connectivity index (χ1v) is 18.9. The molecule has 0 spiro atoms. The third kappa shape index (κ3) is 7.89. The van der Waals surface area contributed by atoms with Gasteiger partial charge in [0.15, 0.2) is 0 Å². The van der Waals surface area contributed by atoms with Crippen molar-refractivity contribution in [1.82, 2.24) is 24.9 Å². The van der Waals surface area contributed by atoms with Gasteiger partial charge in [0.2, 0.25) is 10.0 Å². The van der Waals surface area contributed by atoms with Crippen LogP contribution in [0, 0.1) is 17.1 Å². The molecule has 2 aromatic heterocycles. The van der Waals surface area contributed by atoms with E-state index in [2.05, 4.69) is 57.7 Å². The topological polar surface area (TPSA) is 132 Å². The van der Waals surface area contributed by atoms with Gasteiger partial charge in [-0.15, -0.1) is 5.10 Å². The number of benzene rings is 3. The van der Waals surface area contributed by atoms with Crippen LogP contribution in [0.1, 0.15) is 62.5 Å². The lowest BCUT2D eigenvalue weighted by Gasteiger charge is -2.40. The number of nitrogens with one attached hydrogen (secondary N) is 2. The second-order valence-corrected chi connectivity index (χ2v) is 16.5. The fourth-order valence-corrected chi connectivity index (χ4v) is 7.21. The van der Waals surface area contributed by atoms with Crippen molar-refractivity contribution in [3.05, 3.63) is 99.7 Å². The van der Waals surface area contributed by atoms with E-state index in [1.165, 1.54) is 35.7 Å². The fraction of sp³-hybridized carbons (Fsp3) is 0.333. The lowest BCUT2D eigenvalue weighted by Crippen LogP contribution is -2.46. The van der Waals surface area contributed by atoms with Crippen molar-refractivity contribution in [2.75, 3.05) is 41.3 Å². The molecule has 0 saturated carbocycles. The molecule has 1 aliphatic heterocycles. The number of nitriles is 1. The number of likely N-dealkylation sites (tertiary alicyclic amines) is 1. The van der Waals surface area contributed by atoms with Gasteiger partial charge in [0.25, 0.3) is 0 Å². The number of piperidine rings is 1. The highest BCUT2D eigenvalue weighted by molar-refractivity contribution is 7.92. The largest absolute Gasteiger partial charge is 0.373 e. The molecule has 0 bridgehead atoms. The summed E-state index contributed by atoms with van der Waals surface area (Å²) >= 11 is 12.9. The molecule has 11 nitrogen and oxygen atoms in total. The minimum Gasteiger partial charge on any atom is -0.373 e. The normalized spacial score (nSPS) is 15.0. The third-order valence-electron chi connectivity index (χ3n) is 9.22. The molecule has 0 aliphatic carbocycles. The van der Waals surface area contributed by atoms with Crippen LogP contribution in [0.4, 0.5) is 27.1 Å². The Hall–Kier alpha value is -4.48. The van der Waals surface area contributed by atoms with Crippen LogP contribution in [0.15, 0.2) is 67.0 Å². The monoisotopic (exact) mass is 749 g/mol. The van der Waals surface area contributed by atoms with E-state index in [0.717, 1.165) is 37.8 Å². The van der Waals surface area contributed by atoms with Crippen molar-refractivity contribution in [3.8, 4) is 6.07 Å². The van der Waals surface area contributed by atoms with Crippen molar-refractivity contribution in [2.24, 2.45) is 0 Å². The van der Waals surface area contributed by atoms with Crippen molar-refractivity contribution in [1.29, 1.82) is 5.26 Å². The van der Waals surface area contributed by atoms with Gasteiger partial charge in [0.1, 0.15) is 17.6 Å². The molecule has 51 heavy (non-hydrogen) atoms. The van der Waals surface area contributed by atoms with Crippen molar-refractivity contribution in [2.45, 2.75) is 51.2 Å². The molecule has 0 amide bonds. The summed E-state index contributed by atoms with van der Waals surface area (Å²) in [5, 5.41) is 26.7. The Balaban J connectivity index is 1.41. The second kappa shape index (κ2) is 14.3. The molecular weight excluding hydrogens is 712 g/mol. The third-order valence-corrected chi connectivity index (χ3v) is 11.0. The van der Waals surface area contributed by atoms with Crippen LogP contribution in [0.2, 0.25) is 10.0 Å². The summed E-state index contributed by atoms with van der Waals surface area (Å²) in [6.07, 6.45) is 6.36. The zero-order valence-corrected chi connectivity index (χ0v) is 31.2. The van der Waals surface area contributed by atoms with Gasteiger partial charge in [0.05, 0.1) is 57.0 Å². The molecule has 0 unspecified atom stereocenters. The van der Waals surface area contributed by atoms with Gasteiger partial charge in [-0.2, -0.15) is 5.26 Å². The number of anilines is 4. The Morgan fingerprint density at radius 1 is 1.06 bits per heavy atom. The van der Waals surface area contributed by atoms with E-state index >= 15 is 0 Å². The number of nitrogens with zero attached hydrogens (tertiary/aromatic N) is 7. The SMILES string of the molecule is CN(c1cccc([C@H](Nc2cc(Cl)c3ncc(C#N)c(Nc4ccc(F)c(Cl)c4)c3c2)c2cn(C3CCN(C(C)(C)C)CC3)nn2)c1)S(C)(=O)=O. The average molecular weight is 751 g/mol. The number of hydrogen-bond acceptors (Lipinski definition) is 9. The molecule has 266 valence electrons. The number of fused-ring (bicyclic) bond motifs is 1. The number of aromatic nitrogens is 4. The van der Waals surface area contributed by atoms with E-state index < -0.39 is 21.9 Å². The van der Waals surface area contributed by atoms with Gasteiger partial charge in [-0.1, -0.05) is 40.5 Å². The molecule has 6 rings (SSSR count). The Labute approximate surface area is 307 Å². The van der Waals surface area contributed by atoms with Crippen molar-refractivity contribution in [3.63, 3.8) is 0 Å².